The first-order chi connectivity index (χ1) is 12.5. The Labute approximate surface area is 153 Å². The molecule has 144 valence electrons. The van der Waals surface area contributed by atoms with Crippen molar-refractivity contribution in [3.05, 3.63) is 35.9 Å². The van der Waals surface area contributed by atoms with Crippen LogP contribution in [0.4, 0.5) is 17.6 Å². The summed E-state index contributed by atoms with van der Waals surface area (Å²) in [5, 5.41) is 0. The molecule has 3 fully saturated rings. The molecular weight excluding hydrogens is 340 g/mol. The molecule has 5 unspecified atom stereocenters. The van der Waals surface area contributed by atoms with Gasteiger partial charge in [-0.25, -0.2) is 17.6 Å². The van der Waals surface area contributed by atoms with Crippen molar-refractivity contribution < 1.29 is 17.6 Å². The zero-order valence-corrected chi connectivity index (χ0v) is 15.1. The van der Waals surface area contributed by atoms with Crippen LogP contribution < -0.4 is 0 Å². The molecule has 0 aromatic heterocycles. The van der Waals surface area contributed by atoms with Crippen molar-refractivity contribution in [1.29, 1.82) is 0 Å². The van der Waals surface area contributed by atoms with Gasteiger partial charge < -0.3 is 0 Å². The summed E-state index contributed by atoms with van der Waals surface area (Å²) in [5.74, 6) is -5.01. The summed E-state index contributed by atoms with van der Waals surface area (Å²) in [5.41, 5.74) is 1.31. The van der Waals surface area contributed by atoms with Crippen LogP contribution >= 0.6 is 0 Å². The molecule has 3 aliphatic rings. The molecule has 0 N–H and O–H groups in total. The minimum atomic E-state index is -3.05. The van der Waals surface area contributed by atoms with Crippen LogP contribution in [0.25, 0.3) is 0 Å². The molecule has 5 atom stereocenters. The van der Waals surface area contributed by atoms with Crippen LogP contribution in [0, 0.1) is 29.6 Å². The van der Waals surface area contributed by atoms with Crippen LogP contribution in [0.2, 0.25) is 0 Å². The van der Waals surface area contributed by atoms with Crippen LogP contribution in [0.3, 0.4) is 0 Å². The molecule has 1 aromatic rings. The zero-order chi connectivity index (χ0) is 18.3. The fourth-order valence-corrected chi connectivity index (χ4v) is 5.97. The van der Waals surface area contributed by atoms with E-state index in [4.69, 9.17) is 0 Å². The molecule has 0 saturated heterocycles. The van der Waals surface area contributed by atoms with Crippen molar-refractivity contribution in [2.75, 3.05) is 0 Å². The van der Waals surface area contributed by atoms with Crippen molar-refractivity contribution in [3.63, 3.8) is 0 Å². The second kappa shape index (κ2) is 7.16. The van der Waals surface area contributed by atoms with Gasteiger partial charge in [0.1, 0.15) is 12.3 Å². The highest BCUT2D eigenvalue weighted by Gasteiger charge is 2.64. The fourth-order valence-electron chi connectivity index (χ4n) is 5.97. The van der Waals surface area contributed by atoms with E-state index in [1.54, 1.807) is 0 Å². The monoisotopic (exact) mass is 368 g/mol. The maximum Gasteiger partial charge on any atom is 0.257 e. The molecule has 0 bridgehead atoms. The van der Waals surface area contributed by atoms with E-state index in [0.717, 1.165) is 32.1 Å². The lowest BCUT2D eigenvalue weighted by Gasteiger charge is -2.37. The molecule has 3 aliphatic carbocycles. The predicted octanol–water partition coefficient (Wildman–Crippen LogP) is 6.39. The molecule has 1 aromatic carbocycles. The normalized spacial score (nSPS) is 42.4. The SMILES string of the molecule is FC1CCC2CC(C3CCC(Cc4ccccc4)CC3)C(F)(F)C2C1F. The summed E-state index contributed by atoms with van der Waals surface area (Å²) in [6, 6.07) is 10.3. The Bertz CT molecular complexity index is 593. The van der Waals surface area contributed by atoms with Crippen LogP contribution in [0.15, 0.2) is 30.3 Å². The van der Waals surface area contributed by atoms with Crippen LogP contribution in [-0.2, 0) is 6.42 Å². The summed E-state index contributed by atoms with van der Waals surface area (Å²) >= 11 is 0. The van der Waals surface area contributed by atoms with Crippen LogP contribution in [-0.4, -0.2) is 18.3 Å². The molecule has 0 aliphatic heterocycles. The van der Waals surface area contributed by atoms with E-state index in [9.17, 15) is 17.6 Å². The van der Waals surface area contributed by atoms with E-state index in [1.807, 2.05) is 18.2 Å². The molecular formula is C22H28F4. The Morgan fingerprint density at radius 1 is 0.846 bits per heavy atom. The van der Waals surface area contributed by atoms with Gasteiger partial charge in [0.2, 0.25) is 0 Å². The minimum absolute atomic E-state index is 0.0344. The highest BCUT2D eigenvalue weighted by molar-refractivity contribution is 5.15. The number of hydrogen-bond acceptors (Lipinski definition) is 0. The van der Waals surface area contributed by atoms with Gasteiger partial charge in [-0.05, 0) is 74.7 Å². The minimum Gasteiger partial charge on any atom is -0.244 e. The molecule has 3 saturated carbocycles. The Morgan fingerprint density at radius 3 is 2.19 bits per heavy atom. The summed E-state index contributed by atoms with van der Waals surface area (Å²) < 4.78 is 57.9. The van der Waals surface area contributed by atoms with Gasteiger partial charge in [0.25, 0.3) is 5.92 Å². The number of halogens is 4. The highest BCUT2D eigenvalue weighted by Crippen LogP contribution is 2.59. The van der Waals surface area contributed by atoms with Crippen molar-refractivity contribution in [1.82, 2.24) is 0 Å². The first-order valence-electron chi connectivity index (χ1n) is 10.2. The van der Waals surface area contributed by atoms with E-state index in [0.29, 0.717) is 18.8 Å². The third-order valence-corrected chi connectivity index (χ3v) is 7.33. The maximum atomic E-state index is 15.0. The zero-order valence-electron chi connectivity index (χ0n) is 15.1. The Hall–Kier alpha value is -1.06. The largest absolute Gasteiger partial charge is 0.257 e. The van der Waals surface area contributed by atoms with E-state index >= 15 is 0 Å². The molecule has 0 radical (unpaired) electrons. The van der Waals surface area contributed by atoms with Gasteiger partial charge in [-0.3, -0.25) is 0 Å². The van der Waals surface area contributed by atoms with E-state index in [1.165, 1.54) is 5.56 Å². The first-order valence-corrected chi connectivity index (χ1v) is 10.2. The summed E-state index contributed by atoms with van der Waals surface area (Å²) in [6.07, 6.45) is 1.76. The predicted molar refractivity (Wildman–Crippen MR) is 94.7 cm³/mol. The maximum absolute atomic E-state index is 15.0. The lowest BCUT2D eigenvalue weighted by atomic mass is 9.72. The third-order valence-electron chi connectivity index (χ3n) is 7.33. The number of fused-ring (bicyclic) bond motifs is 1. The molecule has 4 rings (SSSR count). The highest BCUT2D eigenvalue weighted by atomic mass is 19.3. The number of alkyl halides is 4. The van der Waals surface area contributed by atoms with E-state index < -0.39 is 30.1 Å². The molecule has 0 nitrogen and oxygen atoms in total. The lowest BCUT2D eigenvalue weighted by molar-refractivity contribution is -0.139. The van der Waals surface area contributed by atoms with Gasteiger partial charge in [0.05, 0.1) is 5.92 Å². The van der Waals surface area contributed by atoms with Crippen molar-refractivity contribution in [2.45, 2.75) is 69.6 Å². The van der Waals surface area contributed by atoms with Gasteiger partial charge >= 0.3 is 0 Å². The Balaban J connectivity index is 1.38. The van der Waals surface area contributed by atoms with Gasteiger partial charge in [0, 0.05) is 5.92 Å². The number of hydrogen-bond donors (Lipinski definition) is 0. The average Bonchev–Trinajstić information content (AvgIpc) is 2.91. The van der Waals surface area contributed by atoms with Crippen LogP contribution in [0.5, 0.6) is 0 Å². The molecule has 0 amide bonds. The summed E-state index contributed by atoms with van der Waals surface area (Å²) in [4.78, 5) is 0. The third kappa shape index (κ3) is 3.29. The summed E-state index contributed by atoms with van der Waals surface area (Å²) in [6.45, 7) is 0. The Kier molecular flexibility index (Phi) is 5.04. The fraction of sp³-hybridized carbons (Fsp3) is 0.727. The second-order valence-corrected chi connectivity index (χ2v) is 8.81. The Morgan fingerprint density at radius 2 is 1.50 bits per heavy atom. The quantitative estimate of drug-likeness (QED) is 0.542. The molecule has 0 spiro atoms. The number of rotatable bonds is 3. The number of benzene rings is 1. The molecule has 26 heavy (non-hydrogen) atoms. The topological polar surface area (TPSA) is 0 Å². The average molecular weight is 368 g/mol. The van der Waals surface area contributed by atoms with Crippen molar-refractivity contribution in [2.24, 2.45) is 29.6 Å². The van der Waals surface area contributed by atoms with Gasteiger partial charge in [-0.1, -0.05) is 30.3 Å². The van der Waals surface area contributed by atoms with Crippen molar-refractivity contribution in [3.8, 4) is 0 Å². The second-order valence-electron chi connectivity index (χ2n) is 8.81. The van der Waals surface area contributed by atoms with Crippen LogP contribution in [0.1, 0.15) is 50.5 Å². The standard InChI is InChI=1S/C22H28F4/c23-19-11-10-17-13-18(22(25,26)20(17)21(19)24)16-8-6-15(7-9-16)12-14-4-2-1-3-5-14/h1-5,15-21H,6-13H2. The van der Waals surface area contributed by atoms with Gasteiger partial charge in [-0.15, -0.1) is 0 Å². The van der Waals surface area contributed by atoms with Gasteiger partial charge in [0.15, 0.2) is 0 Å². The lowest BCUT2D eigenvalue weighted by Crippen LogP contribution is -2.45. The smallest absolute Gasteiger partial charge is 0.244 e. The van der Waals surface area contributed by atoms with E-state index in [2.05, 4.69) is 12.1 Å². The molecule has 4 heteroatoms. The van der Waals surface area contributed by atoms with Crippen molar-refractivity contribution >= 4 is 0 Å². The van der Waals surface area contributed by atoms with E-state index in [-0.39, 0.29) is 18.3 Å². The summed E-state index contributed by atoms with van der Waals surface area (Å²) in [7, 11) is 0. The van der Waals surface area contributed by atoms with Gasteiger partial charge in [-0.2, -0.15) is 0 Å². The first kappa shape index (κ1) is 18.3. The molecule has 0 heterocycles.